The minimum atomic E-state index is 0.527. The summed E-state index contributed by atoms with van der Waals surface area (Å²) in [7, 11) is 1.70. The highest BCUT2D eigenvalue weighted by Crippen LogP contribution is 2.48. The summed E-state index contributed by atoms with van der Waals surface area (Å²) in [6.45, 7) is 3.50. The van der Waals surface area contributed by atoms with E-state index in [9.17, 15) is 0 Å². The third-order valence-corrected chi connectivity index (χ3v) is 3.42. The maximum absolute atomic E-state index is 5.16. The van der Waals surface area contributed by atoms with Crippen molar-refractivity contribution in [3.05, 3.63) is 29.8 Å². The van der Waals surface area contributed by atoms with Crippen molar-refractivity contribution in [3.63, 3.8) is 0 Å². The van der Waals surface area contributed by atoms with Crippen LogP contribution in [-0.4, -0.2) is 29.7 Å². The third-order valence-electron chi connectivity index (χ3n) is 3.42. The van der Waals surface area contributed by atoms with Gasteiger partial charge in [-0.3, -0.25) is 0 Å². The molecule has 2 heterocycles. The Hall–Kier alpha value is -1.06. The quantitative estimate of drug-likeness (QED) is 0.685. The van der Waals surface area contributed by atoms with Gasteiger partial charge in [0.15, 0.2) is 0 Å². The molecule has 2 fully saturated rings. The lowest BCUT2D eigenvalue weighted by Gasteiger charge is -2.07. The number of methoxy groups -OCH3 is 1. The fourth-order valence-corrected chi connectivity index (χ4v) is 2.51. The highest BCUT2D eigenvalue weighted by Gasteiger charge is 2.52. The fraction of sp³-hybridized carbons (Fsp3) is 0.500. The first-order chi connectivity index (χ1) is 7.31. The molecule has 0 N–H and O–H groups in total. The minimum absolute atomic E-state index is 0.527. The average Bonchev–Trinajstić information content (AvgIpc) is 2.90. The highest BCUT2D eigenvalue weighted by molar-refractivity contribution is 5.31. The molecular formula is C12H16N2O. The van der Waals surface area contributed by atoms with Crippen molar-refractivity contribution < 1.29 is 4.74 Å². The van der Waals surface area contributed by atoms with Crippen molar-refractivity contribution in [2.75, 3.05) is 13.7 Å². The van der Waals surface area contributed by atoms with E-state index in [-0.39, 0.29) is 0 Å². The van der Waals surface area contributed by atoms with Crippen LogP contribution < -0.4 is 4.74 Å². The van der Waals surface area contributed by atoms with Crippen LogP contribution in [-0.2, 0) is 0 Å². The van der Waals surface area contributed by atoms with Crippen LogP contribution in [0.2, 0.25) is 0 Å². The predicted octanol–water partition coefficient (Wildman–Crippen LogP) is 2.02. The molecule has 0 aromatic heterocycles. The van der Waals surface area contributed by atoms with Gasteiger partial charge in [-0.15, -0.1) is 0 Å². The molecular weight excluding hydrogens is 188 g/mol. The van der Waals surface area contributed by atoms with E-state index in [1.807, 2.05) is 12.1 Å². The Kier molecular flexibility index (Phi) is 1.97. The fourth-order valence-electron chi connectivity index (χ4n) is 2.51. The van der Waals surface area contributed by atoms with Crippen LogP contribution in [0.25, 0.3) is 0 Å². The third kappa shape index (κ3) is 1.34. The lowest BCUT2D eigenvalue weighted by molar-refractivity contribution is 0.351. The number of hydrogen-bond donors (Lipinski definition) is 0. The molecule has 0 saturated carbocycles. The van der Waals surface area contributed by atoms with Gasteiger partial charge in [0.05, 0.1) is 7.11 Å². The van der Waals surface area contributed by atoms with E-state index in [0.29, 0.717) is 12.2 Å². The van der Waals surface area contributed by atoms with E-state index in [4.69, 9.17) is 4.74 Å². The summed E-state index contributed by atoms with van der Waals surface area (Å²) in [5.41, 5.74) is 1.38. The standard InChI is InChI=1S/C12H16N2O/c1-9-7-8-13-12(14(9)13)10-3-5-11(15-2)6-4-10/h3-6,9,12H,7-8H2,1-2H3. The van der Waals surface area contributed by atoms with Gasteiger partial charge < -0.3 is 4.74 Å². The molecule has 4 atom stereocenters. The number of rotatable bonds is 2. The van der Waals surface area contributed by atoms with E-state index in [2.05, 4.69) is 29.1 Å². The molecule has 4 unspecified atom stereocenters. The molecule has 2 aliphatic heterocycles. The van der Waals surface area contributed by atoms with E-state index in [1.54, 1.807) is 7.11 Å². The molecule has 15 heavy (non-hydrogen) atoms. The number of benzene rings is 1. The molecule has 0 aliphatic carbocycles. The summed E-state index contributed by atoms with van der Waals surface area (Å²) < 4.78 is 5.16. The smallest absolute Gasteiger partial charge is 0.118 e. The Morgan fingerprint density at radius 1 is 1.27 bits per heavy atom. The molecule has 2 aliphatic rings. The van der Waals surface area contributed by atoms with Gasteiger partial charge in [-0.1, -0.05) is 12.1 Å². The van der Waals surface area contributed by atoms with Crippen LogP contribution >= 0.6 is 0 Å². The maximum Gasteiger partial charge on any atom is 0.118 e. The molecule has 3 rings (SSSR count). The van der Waals surface area contributed by atoms with Gasteiger partial charge in [0.1, 0.15) is 11.9 Å². The van der Waals surface area contributed by atoms with E-state index >= 15 is 0 Å². The summed E-state index contributed by atoms with van der Waals surface area (Å²) >= 11 is 0. The summed E-state index contributed by atoms with van der Waals surface area (Å²) in [6, 6.07) is 9.10. The van der Waals surface area contributed by atoms with Crippen molar-refractivity contribution in [1.82, 2.24) is 10.0 Å². The molecule has 1 aromatic rings. The molecule has 3 heteroatoms. The van der Waals surface area contributed by atoms with Crippen molar-refractivity contribution in [2.45, 2.75) is 25.6 Å². The molecule has 0 bridgehead atoms. The van der Waals surface area contributed by atoms with Gasteiger partial charge in [-0.05, 0) is 31.0 Å². The average molecular weight is 204 g/mol. The lowest BCUT2D eigenvalue weighted by Crippen LogP contribution is -2.10. The minimum Gasteiger partial charge on any atom is -0.497 e. The van der Waals surface area contributed by atoms with Gasteiger partial charge in [0.2, 0.25) is 0 Å². The predicted molar refractivity (Wildman–Crippen MR) is 58.4 cm³/mol. The zero-order valence-electron chi connectivity index (χ0n) is 9.18. The molecule has 3 nitrogen and oxygen atoms in total. The van der Waals surface area contributed by atoms with Gasteiger partial charge in [0.25, 0.3) is 0 Å². The van der Waals surface area contributed by atoms with E-state index in [1.165, 1.54) is 18.5 Å². The number of ether oxygens (including phenoxy) is 1. The summed E-state index contributed by atoms with van der Waals surface area (Å²) in [5, 5.41) is 4.90. The molecule has 2 saturated heterocycles. The van der Waals surface area contributed by atoms with Crippen LogP contribution in [0.4, 0.5) is 0 Å². The van der Waals surface area contributed by atoms with E-state index in [0.717, 1.165) is 5.75 Å². The summed E-state index contributed by atoms with van der Waals surface area (Å²) in [5.74, 6) is 0.933. The van der Waals surface area contributed by atoms with Crippen LogP contribution in [0, 0.1) is 0 Å². The molecule has 0 spiro atoms. The molecule has 80 valence electrons. The number of nitrogens with zero attached hydrogens (tertiary/aromatic N) is 2. The summed E-state index contributed by atoms with van der Waals surface area (Å²) in [4.78, 5) is 0. The largest absolute Gasteiger partial charge is 0.497 e. The van der Waals surface area contributed by atoms with Gasteiger partial charge in [-0.25, -0.2) is 10.0 Å². The zero-order chi connectivity index (χ0) is 10.4. The van der Waals surface area contributed by atoms with Crippen LogP contribution in [0.5, 0.6) is 5.75 Å². The first kappa shape index (κ1) is 9.19. The SMILES string of the molecule is COc1ccc(C2N3CCC(C)N23)cc1. The molecule has 0 amide bonds. The maximum atomic E-state index is 5.16. The Labute approximate surface area is 90.2 Å². The Morgan fingerprint density at radius 2 is 2.00 bits per heavy atom. The number of hydrazine groups is 1. The van der Waals surface area contributed by atoms with Crippen LogP contribution in [0.15, 0.2) is 24.3 Å². The number of hydrogen-bond acceptors (Lipinski definition) is 3. The van der Waals surface area contributed by atoms with Crippen LogP contribution in [0.3, 0.4) is 0 Å². The first-order valence-electron chi connectivity index (χ1n) is 5.50. The topological polar surface area (TPSA) is 15.2 Å². The van der Waals surface area contributed by atoms with Crippen molar-refractivity contribution in [2.24, 2.45) is 0 Å². The van der Waals surface area contributed by atoms with Gasteiger partial charge >= 0.3 is 0 Å². The van der Waals surface area contributed by atoms with Crippen molar-refractivity contribution >= 4 is 0 Å². The monoisotopic (exact) mass is 204 g/mol. The Bertz CT molecular complexity index is 362. The normalized spacial score (nSPS) is 37.5. The zero-order valence-corrected chi connectivity index (χ0v) is 9.18. The summed E-state index contributed by atoms with van der Waals surface area (Å²) in [6.07, 6.45) is 1.83. The van der Waals surface area contributed by atoms with Gasteiger partial charge in [-0.2, -0.15) is 0 Å². The van der Waals surface area contributed by atoms with Crippen molar-refractivity contribution in [3.8, 4) is 5.75 Å². The lowest BCUT2D eigenvalue weighted by atomic mass is 10.1. The van der Waals surface area contributed by atoms with Crippen LogP contribution in [0.1, 0.15) is 25.1 Å². The number of fused-ring (bicyclic) bond motifs is 1. The molecule has 0 radical (unpaired) electrons. The second-order valence-electron chi connectivity index (χ2n) is 4.33. The van der Waals surface area contributed by atoms with Crippen molar-refractivity contribution in [1.29, 1.82) is 0 Å². The second-order valence-corrected chi connectivity index (χ2v) is 4.33. The second kappa shape index (κ2) is 3.22. The van der Waals surface area contributed by atoms with E-state index < -0.39 is 0 Å². The Morgan fingerprint density at radius 3 is 2.53 bits per heavy atom. The Balaban J connectivity index is 1.78. The first-order valence-corrected chi connectivity index (χ1v) is 5.50. The highest BCUT2D eigenvalue weighted by atomic mass is 16.5. The van der Waals surface area contributed by atoms with Gasteiger partial charge in [0, 0.05) is 12.6 Å². The molecule has 1 aromatic carbocycles.